The van der Waals surface area contributed by atoms with Gasteiger partial charge in [0.05, 0.1) is 0 Å². The van der Waals surface area contributed by atoms with Crippen LogP contribution in [-0.4, -0.2) is 29.8 Å². The van der Waals surface area contributed by atoms with E-state index in [1.54, 1.807) is 4.90 Å². The predicted octanol–water partition coefficient (Wildman–Crippen LogP) is 2.65. The first-order chi connectivity index (χ1) is 6.13. The van der Waals surface area contributed by atoms with Crippen molar-refractivity contribution in [3.63, 3.8) is 0 Å². The van der Waals surface area contributed by atoms with Crippen LogP contribution in [0.3, 0.4) is 0 Å². The van der Waals surface area contributed by atoms with E-state index in [1.165, 1.54) is 0 Å². The van der Waals surface area contributed by atoms with E-state index in [-0.39, 0.29) is 11.9 Å². The molecule has 0 heterocycles. The van der Waals surface area contributed by atoms with Gasteiger partial charge in [0.1, 0.15) is 0 Å². The number of amides is 1. The van der Waals surface area contributed by atoms with Gasteiger partial charge in [0.2, 0.25) is 5.91 Å². The minimum Gasteiger partial charge on any atom is -0.342 e. The third-order valence-corrected chi connectivity index (χ3v) is 2.72. The molecule has 3 heteroatoms. The van der Waals surface area contributed by atoms with Crippen LogP contribution in [0.15, 0.2) is 0 Å². The number of carbonyl (C=O) groups is 1. The third-order valence-electron chi connectivity index (χ3n) is 2.27. The number of rotatable bonds is 6. The number of alkyl halides is 1. The summed E-state index contributed by atoms with van der Waals surface area (Å²) in [5, 5.41) is 0. The molecule has 0 aliphatic heterocycles. The van der Waals surface area contributed by atoms with Gasteiger partial charge < -0.3 is 4.90 Å². The molecule has 13 heavy (non-hydrogen) atoms. The summed E-state index contributed by atoms with van der Waals surface area (Å²) in [6.07, 6.45) is 3.94. The lowest BCUT2D eigenvalue weighted by molar-refractivity contribution is -0.131. The Labute approximate surface area is 86.2 Å². The molecule has 0 aromatic rings. The first-order valence-corrected chi connectivity index (χ1v) is 5.48. The Morgan fingerprint density at radius 3 is 2.54 bits per heavy atom. The molecule has 0 rings (SSSR count). The number of carbonyl (C=O) groups excluding carboxylic acids is 1. The first-order valence-electron chi connectivity index (χ1n) is 4.95. The van der Waals surface area contributed by atoms with Crippen molar-refractivity contribution in [2.24, 2.45) is 0 Å². The van der Waals surface area contributed by atoms with Crippen molar-refractivity contribution in [3.05, 3.63) is 0 Å². The Balaban J connectivity index is 3.69. The van der Waals surface area contributed by atoms with Crippen molar-refractivity contribution >= 4 is 17.5 Å². The second-order valence-corrected chi connectivity index (χ2v) is 3.77. The smallest absolute Gasteiger partial charge is 0.222 e. The fourth-order valence-corrected chi connectivity index (χ4v) is 1.26. The first kappa shape index (κ1) is 12.8. The Morgan fingerprint density at radius 2 is 2.08 bits per heavy atom. The third kappa shape index (κ3) is 5.14. The second-order valence-electron chi connectivity index (χ2n) is 3.47. The van der Waals surface area contributed by atoms with Crippen LogP contribution < -0.4 is 0 Å². The Bertz CT molecular complexity index is 150. The fourth-order valence-electron chi connectivity index (χ4n) is 1.05. The van der Waals surface area contributed by atoms with Crippen LogP contribution in [0.25, 0.3) is 0 Å². The van der Waals surface area contributed by atoms with E-state index in [1.807, 2.05) is 14.0 Å². The highest BCUT2D eigenvalue weighted by Gasteiger charge is 2.13. The summed E-state index contributed by atoms with van der Waals surface area (Å²) in [4.78, 5) is 13.2. The zero-order chi connectivity index (χ0) is 10.3. The average molecular weight is 206 g/mol. The average Bonchev–Trinajstić information content (AvgIpc) is 2.15. The van der Waals surface area contributed by atoms with Crippen LogP contribution in [0.5, 0.6) is 0 Å². The molecule has 1 unspecified atom stereocenters. The van der Waals surface area contributed by atoms with Gasteiger partial charge in [0, 0.05) is 25.4 Å². The van der Waals surface area contributed by atoms with Crippen molar-refractivity contribution in [1.82, 2.24) is 4.90 Å². The van der Waals surface area contributed by atoms with Crippen molar-refractivity contribution < 1.29 is 4.79 Å². The summed E-state index contributed by atoms with van der Waals surface area (Å²) in [5.41, 5.74) is 0. The van der Waals surface area contributed by atoms with Crippen LogP contribution in [-0.2, 0) is 4.79 Å². The monoisotopic (exact) mass is 205 g/mol. The van der Waals surface area contributed by atoms with Gasteiger partial charge in [-0.3, -0.25) is 4.79 Å². The van der Waals surface area contributed by atoms with Crippen molar-refractivity contribution in [2.45, 2.75) is 45.6 Å². The van der Waals surface area contributed by atoms with Crippen LogP contribution >= 0.6 is 11.6 Å². The summed E-state index contributed by atoms with van der Waals surface area (Å²) in [7, 11) is 1.82. The zero-order valence-corrected chi connectivity index (χ0v) is 9.60. The van der Waals surface area contributed by atoms with Gasteiger partial charge in [-0.2, -0.15) is 0 Å². The lowest BCUT2D eigenvalue weighted by atomic mass is 10.2. The quantitative estimate of drug-likeness (QED) is 0.482. The SMILES string of the molecule is CCCCCC(=O)N(C)C(C)CCl. The van der Waals surface area contributed by atoms with E-state index in [4.69, 9.17) is 11.6 Å². The maximum atomic E-state index is 11.5. The van der Waals surface area contributed by atoms with E-state index in [2.05, 4.69) is 6.92 Å². The van der Waals surface area contributed by atoms with E-state index in [0.29, 0.717) is 12.3 Å². The Hall–Kier alpha value is -0.240. The van der Waals surface area contributed by atoms with Crippen LogP contribution in [0, 0.1) is 0 Å². The molecule has 0 radical (unpaired) electrons. The van der Waals surface area contributed by atoms with E-state index in [9.17, 15) is 4.79 Å². The highest BCUT2D eigenvalue weighted by atomic mass is 35.5. The standard InChI is InChI=1S/C10H20ClNO/c1-4-5-6-7-10(13)12(3)9(2)8-11/h9H,4-8H2,1-3H3. The van der Waals surface area contributed by atoms with Crippen molar-refractivity contribution in [1.29, 1.82) is 0 Å². The predicted molar refractivity (Wildman–Crippen MR) is 57.1 cm³/mol. The summed E-state index contributed by atoms with van der Waals surface area (Å²) in [5.74, 6) is 0.720. The highest BCUT2D eigenvalue weighted by molar-refractivity contribution is 6.18. The minimum absolute atomic E-state index is 0.149. The molecule has 0 bridgehead atoms. The molecular weight excluding hydrogens is 186 g/mol. The number of hydrogen-bond acceptors (Lipinski definition) is 1. The maximum absolute atomic E-state index is 11.5. The molecule has 0 N–H and O–H groups in total. The van der Waals surface area contributed by atoms with Gasteiger partial charge in [-0.1, -0.05) is 19.8 Å². The van der Waals surface area contributed by atoms with Crippen LogP contribution in [0.1, 0.15) is 39.5 Å². The Kier molecular flexibility index (Phi) is 7.06. The number of unbranched alkanes of at least 4 members (excludes halogenated alkanes) is 2. The summed E-state index contributed by atoms with van der Waals surface area (Å²) >= 11 is 5.66. The Morgan fingerprint density at radius 1 is 1.46 bits per heavy atom. The topological polar surface area (TPSA) is 20.3 Å². The summed E-state index contributed by atoms with van der Waals surface area (Å²) in [6, 6.07) is 0.149. The van der Waals surface area contributed by atoms with Gasteiger partial charge in [0.15, 0.2) is 0 Å². The van der Waals surface area contributed by atoms with Crippen molar-refractivity contribution in [2.75, 3.05) is 12.9 Å². The largest absolute Gasteiger partial charge is 0.342 e. The van der Waals surface area contributed by atoms with E-state index >= 15 is 0 Å². The molecular formula is C10H20ClNO. The number of halogens is 1. The molecule has 0 aromatic heterocycles. The van der Waals surface area contributed by atoms with E-state index in [0.717, 1.165) is 19.3 Å². The molecule has 0 aliphatic rings. The molecule has 0 saturated carbocycles. The summed E-state index contributed by atoms with van der Waals surface area (Å²) in [6.45, 7) is 4.10. The maximum Gasteiger partial charge on any atom is 0.222 e. The molecule has 0 aromatic carbocycles. The molecule has 0 spiro atoms. The molecule has 78 valence electrons. The molecule has 0 aliphatic carbocycles. The molecule has 2 nitrogen and oxygen atoms in total. The molecule has 1 atom stereocenters. The van der Waals surface area contributed by atoms with Gasteiger partial charge in [0.25, 0.3) is 0 Å². The van der Waals surface area contributed by atoms with Crippen LogP contribution in [0.2, 0.25) is 0 Å². The van der Waals surface area contributed by atoms with Crippen LogP contribution in [0.4, 0.5) is 0 Å². The van der Waals surface area contributed by atoms with Gasteiger partial charge in [-0.25, -0.2) is 0 Å². The summed E-state index contributed by atoms with van der Waals surface area (Å²) < 4.78 is 0. The normalized spacial score (nSPS) is 12.6. The van der Waals surface area contributed by atoms with Crippen molar-refractivity contribution in [3.8, 4) is 0 Å². The minimum atomic E-state index is 0.149. The molecule has 0 fully saturated rings. The highest BCUT2D eigenvalue weighted by Crippen LogP contribution is 2.05. The van der Waals surface area contributed by atoms with E-state index < -0.39 is 0 Å². The van der Waals surface area contributed by atoms with Gasteiger partial charge in [-0.15, -0.1) is 11.6 Å². The number of hydrogen-bond donors (Lipinski definition) is 0. The fraction of sp³-hybridized carbons (Fsp3) is 0.900. The number of nitrogens with zero attached hydrogens (tertiary/aromatic N) is 1. The van der Waals surface area contributed by atoms with Gasteiger partial charge >= 0.3 is 0 Å². The van der Waals surface area contributed by atoms with Gasteiger partial charge in [-0.05, 0) is 13.3 Å². The molecule has 0 saturated heterocycles. The lowest BCUT2D eigenvalue weighted by Crippen LogP contribution is -2.35. The molecule has 1 amide bonds. The second kappa shape index (κ2) is 7.19. The zero-order valence-electron chi connectivity index (χ0n) is 8.85. The lowest BCUT2D eigenvalue weighted by Gasteiger charge is -2.22.